The Hall–Kier alpha value is -0.870. The van der Waals surface area contributed by atoms with Crippen molar-refractivity contribution in [2.75, 3.05) is 6.54 Å². The summed E-state index contributed by atoms with van der Waals surface area (Å²) in [6, 6.07) is 7.96. The van der Waals surface area contributed by atoms with Gasteiger partial charge in [0.2, 0.25) is 0 Å². The highest BCUT2D eigenvalue weighted by Gasteiger charge is 2.15. The first kappa shape index (κ1) is 14.2. The van der Waals surface area contributed by atoms with Crippen LogP contribution in [0.2, 0.25) is 0 Å². The van der Waals surface area contributed by atoms with E-state index in [0.29, 0.717) is 6.54 Å². The van der Waals surface area contributed by atoms with Crippen LogP contribution in [0.1, 0.15) is 26.3 Å². The van der Waals surface area contributed by atoms with Gasteiger partial charge in [0.15, 0.2) is 0 Å². The lowest BCUT2D eigenvalue weighted by atomic mass is 10.2. The lowest BCUT2D eigenvalue weighted by Crippen LogP contribution is -2.31. The molecule has 0 aromatic heterocycles. The number of benzene rings is 1. The van der Waals surface area contributed by atoms with Gasteiger partial charge in [-0.2, -0.15) is 0 Å². The van der Waals surface area contributed by atoms with Gasteiger partial charge in [0.1, 0.15) is 5.60 Å². The van der Waals surface area contributed by atoms with Crippen molar-refractivity contribution in [3.8, 4) is 0 Å². The molecule has 17 heavy (non-hydrogen) atoms. The molecule has 3 nitrogen and oxygen atoms in total. The van der Waals surface area contributed by atoms with Crippen molar-refractivity contribution in [2.45, 2.75) is 32.9 Å². The molecule has 0 bridgehead atoms. The zero-order valence-corrected chi connectivity index (χ0v) is 12.0. The van der Waals surface area contributed by atoms with Crippen molar-refractivity contribution in [1.82, 2.24) is 5.32 Å². The lowest BCUT2D eigenvalue weighted by molar-refractivity contribution is -0.153. The largest absolute Gasteiger partial charge is 0.459 e. The third-order valence-corrected chi connectivity index (χ3v) is 2.40. The van der Waals surface area contributed by atoms with E-state index < -0.39 is 5.60 Å². The van der Waals surface area contributed by atoms with Crippen molar-refractivity contribution >= 4 is 21.9 Å². The summed E-state index contributed by atoms with van der Waals surface area (Å²) in [5.74, 6) is -0.229. The number of carbonyl (C=O) groups excluding carboxylic acids is 1. The molecule has 0 spiro atoms. The van der Waals surface area contributed by atoms with Crippen LogP contribution in [0.5, 0.6) is 0 Å². The second-order valence-electron chi connectivity index (χ2n) is 4.82. The Morgan fingerprint density at radius 1 is 1.41 bits per heavy atom. The predicted molar refractivity (Wildman–Crippen MR) is 71.7 cm³/mol. The van der Waals surface area contributed by atoms with Crippen molar-refractivity contribution < 1.29 is 9.53 Å². The number of carbonyl (C=O) groups is 1. The topological polar surface area (TPSA) is 38.3 Å². The second-order valence-corrected chi connectivity index (χ2v) is 5.74. The zero-order valence-electron chi connectivity index (χ0n) is 10.4. The molecule has 4 heteroatoms. The van der Waals surface area contributed by atoms with Crippen LogP contribution in [0.15, 0.2) is 28.7 Å². The molecule has 0 saturated heterocycles. The van der Waals surface area contributed by atoms with E-state index in [1.165, 1.54) is 0 Å². The van der Waals surface area contributed by atoms with Crippen LogP contribution in [-0.4, -0.2) is 18.1 Å². The van der Waals surface area contributed by atoms with E-state index in [1.807, 2.05) is 45.0 Å². The Morgan fingerprint density at radius 3 is 2.71 bits per heavy atom. The first-order chi connectivity index (χ1) is 7.87. The second kappa shape index (κ2) is 6.17. The van der Waals surface area contributed by atoms with Gasteiger partial charge in [-0.3, -0.25) is 4.79 Å². The van der Waals surface area contributed by atoms with Crippen LogP contribution in [0.25, 0.3) is 0 Å². The Labute approximate surface area is 111 Å². The van der Waals surface area contributed by atoms with Crippen LogP contribution in [0, 0.1) is 0 Å². The summed E-state index contributed by atoms with van der Waals surface area (Å²) in [6.07, 6.45) is 0. The van der Waals surface area contributed by atoms with E-state index in [4.69, 9.17) is 4.74 Å². The van der Waals surface area contributed by atoms with Crippen molar-refractivity contribution in [2.24, 2.45) is 0 Å². The monoisotopic (exact) mass is 299 g/mol. The summed E-state index contributed by atoms with van der Waals surface area (Å²) >= 11 is 3.40. The summed E-state index contributed by atoms with van der Waals surface area (Å²) in [5, 5.41) is 3.06. The lowest BCUT2D eigenvalue weighted by Gasteiger charge is -2.19. The van der Waals surface area contributed by atoms with Gasteiger partial charge < -0.3 is 10.1 Å². The molecule has 0 aliphatic carbocycles. The zero-order chi connectivity index (χ0) is 12.9. The molecule has 0 atom stereocenters. The van der Waals surface area contributed by atoms with E-state index in [1.54, 1.807) is 0 Å². The number of rotatable bonds is 4. The molecule has 0 amide bonds. The van der Waals surface area contributed by atoms with Gasteiger partial charge in [-0.15, -0.1) is 0 Å². The summed E-state index contributed by atoms with van der Waals surface area (Å²) in [6.45, 7) is 6.46. The molecule has 0 radical (unpaired) electrons. The minimum Gasteiger partial charge on any atom is -0.459 e. The molecular weight excluding hydrogens is 282 g/mol. The predicted octanol–water partition coefficient (Wildman–Crippen LogP) is 2.88. The molecule has 0 saturated carbocycles. The molecule has 1 aromatic rings. The molecule has 0 heterocycles. The molecule has 1 N–H and O–H groups in total. The number of halogens is 1. The number of ether oxygens (including phenoxy) is 1. The maximum absolute atomic E-state index is 11.4. The van der Waals surface area contributed by atoms with E-state index in [-0.39, 0.29) is 12.5 Å². The first-order valence-electron chi connectivity index (χ1n) is 5.54. The molecule has 0 unspecified atom stereocenters. The minimum absolute atomic E-state index is 0.226. The smallest absolute Gasteiger partial charge is 0.320 e. The van der Waals surface area contributed by atoms with E-state index in [9.17, 15) is 4.79 Å². The van der Waals surface area contributed by atoms with Crippen molar-refractivity contribution in [3.63, 3.8) is 0 Å². The Bertz CT molecular complexity index is 385. The molecule has 0 aliphatic rings. The fourth-order valence-corrected chi connectivity index (χ4v) is 1.78. The van der Waals surface area contributed by atoms with Crippen LogP contribution in [0.4, 0.5) is 0 Å². The van der Waals surface area contributed by atoms with Crippen LogP contribution in [0.3, 0.4) is 0 Å². The maximum atomic E-state index is 11.4. The minimum atomic E-state index is -0.422. The van der Waals surface area contributed by atoms with E-state index >= 15 is 0 Å². The molecular formula is C13H18BrNO2. The summed E-state index contributed by atoms with van der Waals surface area (Å²) in [5.41, 5.74) is 0.706. The average molecular weight is 300 g/mol. The molecule has 1 aromatic carbocycles. The van der Waals surface area contributed by atoms with Crippen molar-refractivity contribution in [3.05, 3.63) is 34.3 Å². The van der Waals surface area contributed by atoms with Gasteiger partial charge in [-0.1, -0.05) is 28.1 Å². The van der Waals surface area contributed by atoms with Gasteiger partial charge in [0.05, 0.1) is 6.54 Å². The highest BCUT2D eigenvalue weighted by atomic mass is 79.9. The Balaban J connectivity index is 2.31. The van der Waals surface area contributed by atoms with E-state index in [0.717, 1.165) is 10.0 Å². The fraction of sp³-hybridized carbons (Fsp3) is 0.462. The van der Waals surface area contributed by atoms with Crippen LogP contribution >= 0.6 is 15.9 Å². The summed E-state index contributed by atoms with van der Waals surface area (Å²) in [7, 11) is 0. The highest BCUT2D eigenvalue weighted by molar-refractivity contribution is 9.10. The number of nitrogens with one attached hydrogen (secondary N) is 1. The quantitative estimate of drug-likeness (QED) is 0.869. The van der Waals surface area contributed by atoms with Gasteiger partial charge in [-0.05, 0) is 38.5 Å². The van der Waals surface area contributed by atoms with Gasteiger partial charge in [0, 0.05) is 11.0 Å². The average Bonchev–Trinajstić information content (AvgIpc) is 2.14. The third-order valence-electron chi connectivity index (χ3n) is 1.91. The maximum Gasteiger partial charge on any atom is 0.320 e. The molecule has 0 fully saturated rings. The number of esters is 1. The van der Waals surface area contributed by atoms with Crippen molar-refractivity contribution in [1.29, 1.82) is 0 Å². The van der Waals surface area contributed by atoms with Crippen LogP contribution in [-0.2, 0) is 16.1 Å². The molecule has 0 aliphatic heterocycles. The fourth-order valence-electron chi connectivity index (χ4n) is 1.33. The summed E-state index contributed by atoms with van der Waals surface area (Å²) in [4.78, 5) is 11.4. The SMILES string of the molecule is CC(C)(C)OC(=O)CNCc1cccc(Br)c1. The first-order valence-corrected chi connectivity index (χ1v) is 6.33. The standard InChI is InChI=1S/C13H18BrNO2/c1-13(2,3)17-12(16)9-15-8-10-5-4-6-11(14)7-10/h4-7,15H,8-9H2,1-3H3. The van der Waals surface area contributed by atoms with Gasteiger partial charge in [0.25, 0.3) is 0 Å². The Morgan fingerprint density at radius 2 is 2.12 bits per heavy atom. The highest BCUT2D eigenvalue weighted by Crippen LogP contribution is 2.11. The summed E-state index contributed by atoms with van der Waals surface area (Å²) < 4.78 is 6.22. The number of hydrogen-bond donors (Lipinski definition) is 1. The van der Waals surface area contributed by atoms with Gasteiger partial charge >= 0.3 is 5.97 Å². The molecule has 94 valence electrons. The Kier molecular flexibility index (Phi) is 5.15. The van der Waals surface area contributed by atoms with Gasteiger partial charge in [-0.25, -0.2) is 0 Å². The third kappa shape index (κ3) is 6.44. The number of hydrogen-bond acceptors (Lipinski definition) is 3. The molecule has 1 rings (SSSR count). The van der Waals surface area contributed by atoms with E-state index in [2.05, 4.69) is 21.2 Å². The van der Waals surface area contributed by atoms with Crippen LogP contribution < -0.4 is 5.32 Å². The normalized spacial score (nSPS) is 11.3.